The molecule has 2 aromatic rings. The highest BCUT2D eigenvalue weighted by atomic mass is 35.5. The third kappa shape index (κ3) is 1.51. The molecule has 0 bridgehead atoms. The molecular weight excluding hydrogens is 245 g/mol. The van der Waals surface area contributed by atoms with E-state index in [0.29, 0.717) is 16.2 Å². The van der Waals surface area contributed by atoms with Gasteiger partial charge in [-0.25, -0.2) is 4.98 Å². The number of rotatable bonds is 1. The Kier molecular flexibility index (Phi) is 2.54. The van der Waals surface area contributed by atoms with E-state index in [1.54, 1.807) is 0 Å². The standard InChI is InChI=1S/C11H11Cl2N3/c12-9-3-1-2-8-10(13)15-11(16(8)9)7-4-5-14-6-7/h1-3,7,14H,4-6H2. The quantitative estimate of drug-likeness (QED) is 0.795. The predicted molar refractivity (Wildman–Crippen MR) is 65.4 cm³/mol. The first-order chi connectivity index (χ1) is 7.77. The van der Waals surface area contributed by atoms with Gasteiger partial charge in [-0.3, -0.25) is 4.40 Å². The third-order valence-electron chi connectivity index (χ3n) is 3.02. The summed E-state index contributed by atoms with van der Waals surface area (Å²) in [5.74, 6) is 1.37. The summed E-state index contributed by atoms with van der Waals surface area (Å²) in [7, 11) is 0. The van der Waals surface area contributed by atoms with Crippen LogP contribution in [0.5, 0.6) is 0 Å². The first-order valence-electron chi connectivity index (χ1n) is 5.30. The van der Waals surface area contributed by atoms with Crippen molar-refractivity contribution in [3.63, 3.8) is 0 Å². The monoisotopic (exact) mass is 255 g/mol. The van der Waals surface area contributed by atoms with E-state index in [4.69, 9.17) is 23.2 Å². The Morgan fingerprint density at radius 2 is 2.25 bits per heavy atom. The molecule has 2 aromatic heterocycles. The number of nitrogens with zero attached hydrogens (tertiary/aromatic N) is 2. The van der Waals surface area contributed by atoms with Gasteiger partial charge in [-0.05, 0) is 25.1 Å². The van der Waals surface area contributed by atoms with Gasteiger partial charge in [0.25, 0.3) is 0 Å². The fourth-order valence-corrected chi connectivity index (χ4v) is 2.72. The summed E-state index contributed by atoms with van der Waals surface area (Å²) in [4.78, 5) is 4.44. The van der Waals surface area contributed by atoms with Crippen LogP contribution in [0.15, 0.2) is 18.2 Å². The number of hydrogen-bond donors (Lipinski definition) is 1. The molecule has 84 valence electrons. The van der Waals surface area contributed by atoms with E-state index in [1.165, 1.54) is 0 Å². The van der Waals surface area contributed by atoms with Crippen molar-refractivity contribution in [1.29, 1.82) is 0 Å². The number of nitrogens with one attached hydrogen (secondary N) is 1. The van der Waals surface area contributed by atoms with Crippen LogP contribution in [0.4, 0.5) is 0 Å². The van der Waals surface area contributed by atoms with E-state index < -0.39 is 0 Å². The van der Waals surface area contributed by atoms with Gasteiger partial charge in [0, 0.05) is 12.5 Å². The second kappa shape index (κ2) is 3.91. The van der Waals surface area contributed by atoms with Crippen molar-refractivity contribution in [3.05, 3.63) is 34.3 Å². The Bertz CT molecular complexity index is 529. The van der Waals surface area contributed by atoms with Gasteiger partial charge in [0.15, 0.2) is 5.15 Å². The summed E-state index contributed by atoms with van der Waals surface area (Å²) in [6, 6.07) is 5.69. The van der Waals surface area contributed by atoms with Gasteiger partial charge in [-0.1, -0.05) is 29.3 Å². The average Bonchev–Trinajstić information content (AvgIpc) is 2.87. The molecule has 1 aliphatic rings. The molecule has 0 radical (unpaired) electrons. The molecule has 1 atom stereocenters. The van der Waals surface area contributed by atoms with Gasteiger partial charge in [-0.15, -0.1) is 0 Å². The van der Waals surface area contributed by atoms with Crippen molar-refractivity contribution in [2.45, 2.75) is 12.3 Å². The lowest BCUT2D eigenvalue weighted by Gasteiger charge is -2.08. The fraction of sp³-hybridized carbons (Fsp3) is 0.364. The zero-order valence-corrected chi connectivity index (χ0v) is 10.1. The Morgan fingerprint density at radius 3 is 3.00 bits per heavy atom. The number of hydrogen-bond acceptors (Lipinski definition) is 2. The minimum atomic E-state index is 0.403. The molecule has 0 saturated carbocycles. The molecule has 0 aliphatic carbocycles. The maximum Gasteiger partial charge on any atom is 0.155 e. The van der Waals surface area contributed by atoms with Crippen LogP contribution in [0.1, 0.15) is 18.2 Å². The van der Waals surface area contributed by atoms with Crippen LogP contribution in [0.2, 0.25) is 10.3 Å². The lowest BCUT2D eigenvalue weighted by Crippen LogP contribution is -2.10. The third-order valence-corrected chi connectivity index (χ3v) is 3.59. The topological polar surface area (TPSA) is 29.3 Å². The zero-order chi connectivity index (χ0) is 11.1. The SMILES string of the molecule is Clc1nc(C2CCNC2)n2c(Cl)cccc12. The average molecular weight is 256 g/mol. The number of aromatic nitrogens is 2. The van der Waals surface area contributed by atoms with Crippen LogP contribution >= 0.6 is 23.2 Å². The summed E-state index contributed by atoms with van der Waals surface area (Å²) in [5, 5.41) is 4.52. The Morgan fingerprint density at radius 1 is 1.38 bits per heavy atom. The number of halogens is 2. The van der Waals surface area contributed by atoms with Crippen LogP contribution in [0.25, 0.3) is 5.52 Å². The molecule has 0 aromatic carbocycles. The second-order valence-corrected chi connectivity index (χ2v) is 4.76. The minimum absolute atomic E-state index is 0.403. The largest absolute Gasteiger partial charge is 0.316 e. The highest BCUT2D eigenvalue weighted by molar-refractivity contribution is 6.33. The van der Waals surface area contributed by atoms with Crippen LogP contribution in [-0.2, 0) is 0 Å². The van der Waals surface area contributed by atoms with Crippen molar-refractivity contribution >= 4 is 28.7 Å². The van der Waals surface area contributed by atoms with E-state index in [0.717, 1.165) is 30.9 Å². The van der Waals surface area contributed by atoms with E-state index >= 15 is 0 Å². The summed E-state index contributed by atoms with van der Waals surface area (Å²) in [6.07, 6.45) is 1.08. The van der Waals surface area contributed by atoms with Gasteiger partial charge in [-0.2, -0.15) is 0 Å². The van der Waals surface area contributed by atoms with E-state index in [9.17, 15) is 0 Å². The van der Waals surface area contributed by atoms with Gasteiger partial charge in [0.1, 0.15) is 11.0 Å². The molecule has 3 nitrogen and oxygen atoms in total. The highest BCUT2D eigenvalue weighted by Gasteiger charge is 2.23. The number of imidazole rings is 1. The Hall–Kier alpha value is -0.770. The first-order valence-corrected chi connectivity index (χ1v) is 6.06. The van der Waals surface area contributed by atoms with E-state index in [-0.39, 0.29) is 0 Å². The molecular formula is C11H11Cl2N3. The van der Waals surface area contributed by atoms with E-state index in [1.807, 2.05) is 22.6 Å². The predicted octanol–water partition coefficient (Wildman–Crippen LogP) is 2.72. The molecule has 1 N–H and O–H groups in total. The summed E-state index contributed by atoms with van der Waals surface area (Å²) < 4.78 is 1.95. The maximum absolute atomic E-state index is 6.20. The van der Waals surface area contributed by atoms with Crippen molar-refractivity contribution in [2.24, 2.45) is 0 Å². The number of fused-ring (bicyclic) bond motifs is 1. The van der Waals surface area contributed by atoms with Gasteiger partial charge < -0.3 is 5.32 Å². The summed E-state index contributed by atoms with van der Waals surface area (Å²) in [5.41, 5.74) is 0.885. The molecule has 1 unspecified atom stereocenters. The molecule has 16 heavy (non-hydrogen) atoms. The van der Waals surface area contributed by atoms with Crippen molar-refractivity contribution in [2.75, 3.05) is 13.1 Å². The highest BCUT2D eigenvalue weighted by Crippen LogP contribution is 2.29. The molecule has 1 aliphatic heterocycles. The van der Waals surface area contributed by atoms with Crippen LogP contribution in [0, 0.1) is 0 Å². The second-order valence-electron chi connectivity index (χ2n) is 4.02. The molecule has 1 fully saturated rings. The number of pyridine rings is 1. The lowest BCUT2D eigenvalue weighted by molar-refractivity contribution is 0.699. The van der Waals surface area contributed by atoms with Crippen molar-refractivity contribution in [1.82, 2.24) is 14.7 Å². The Labute approximate surface area is 103 Å². The summed E-state index contributed by atoms with van der Waals surface area (Å²) in [6.45, 7) is 1.97. The molecule has 0 spiro atoms. The molecule has 5 heteroatoms. The van der Waals surface area contributed by atoms with E-state index in [2.05, 4.69) is 10.3 Å². The van der Waals surface area contributed by atoms with Gasteiger partial charge >= 0.3 is 0 Å². The summed E-state index contributed by atoms with van der Waals surface area (Å²) >= 11 is 12.3. The Balaban J connectivity index is 2.24. The maximum atomic E-state index is 6.20. The lowest BCUT2D eigenvalue weighted by atomic mass is 10.1. The molecule has 0 amide bonds. The molecule has 1 saturated heterocycles. The minimum Gasteiger partial charge on any atom is -0.316 e. The fourth-order valence-electron chi connectivity index (χ4n) is 2.23. The van der Waals surface area contributed by atoms with Gasteiger partial charge in [0.2, 0.25) is 0 Å². The molecule has 3 rings (SSSR count). The zero-order valence-electron chi connectivity index (χ0n) is 8.58. The van der Waals surface area contributed by atoms with Crippen LogP contribution in [-0.4, -0.2) is 22.5 Å². The van der Waals surface area contributed by atoms with Crippen LogP contribution in [0.3, 0.4) is 0 Å². The smallest absolute Gasteiger partial charge is 0.155 e. The molecule has 3 heterocycles. The van der Waals surface area contributed by atoms with Crippen LogP contribution < -0.4 is 5.32 Å². The first kappa shape index (κ1) is 10.4. The van der Waals surface area contributed by atoms with Crippen molar-refractivity contribution < 1.29 is 0 Å². The van der Waals surface area contributed by atoms with Crippen molar-refractivity contribution in [3.8, 4) is 0 Å². The van der Waals surface area contributed by atoms with Gasteiger partial charge in [0.05, 0.1) is 5.52 Å². The normalized spacial score (nSPS) is 20.8.